The van der Waals surface area contributed by atoms with Crippen LogP contribution >= 0.6 is 11.6 Å². The molecule has 1 aromatic heterocycles. The van der Waals surface area contributed by atoms with E-state index in [2.05, 4.69) is 4.98 Å². The van der Waals surface area contributed by atoms with Crippen LogP contribution in [0.5, 0.6) is 0 Å². The summed E-state index contributed by atoms with van der Waals surface area (Å²) in [6.45, 7) is -0.392. The molecule has 0 N–H and O–H groups in total. The number of halogens is 1. The number of rotatable bonds is 9. The number of hydrogen-bond donors (Lipinski definition) is 0. The number of pyridine rings is 1. The van der Waals surface area contributed by atoms with Gasteiger partial charge in [0.15, 0.2) is 5.78 Å². The van der Waals surface area contributed by atoms with E-state index >= 15 is 0 Å². The zero-order valence-electron chi connectivity index (χ0n) is 18.3. The van der Waals surface area contributed by atoms with Crippen molar-refractivity contribution in [3.05, 3.63) is 131 Å². The average Bonchev–Trinajstić information content (AvgIpc) is 2.86. The summed E-state index contributed by atoms with van der Waals surface area (Å²) in [4.78, 5) is 17.4. The van der Waals surface area contributed by atoms with Gasteiger partial charge in [-0.15, -0.1) is 0 Å². The number of ketones is 1. The minimum Gasteiger partial charge on any atom is -0.293 e. The summed E-state index contributed by atoms with van der Waals surface area (Å²) in [5.74, 6) is -0.297. The highest BCUT2D eigenvalue weighted by molar-refractivity contribution is 7.89. The summed E-state index contributed by atoms with van der Waals surface area (Å²) in [7, 11) is -3.95. The van der Waals surface area contributed by atoms with Crippen LogP contribution in [0.25, 0.3) is 0 Å². The Balaban J connectivity index is 1.62. The Morgan fingerprint density at radius 2 is 1.50 bits per heavy atom. The molecule has 0 atom stereocenters. The minimum atomic E-state index is -3.95. The highest BCUT2D eigenvalue weighted by Crippen LogP contribution is 2.22. The van der Waals surface area contributed by atoms with Crippen molar-refractivity contribution in [2.45, 2.75) is 17.9 Å². The molecule has 0 saturated carbocycles. The van der Waals surface area contributed by atoms with E-state index in [1.165, 1.54) is 18.3 Å². The van der Waals surface area contributed by atoms with Gasteiger partial charge in [-0.1, -0.05) is 84.4 Å². The van der Waals surface area contributed by atoms with Crippen LogP contribution in [-0.4, -0.2) is 30.0 Å². The van der Waals surface area contributed by atoms with Crippen LogP contribution in [0, 0.1) is 0 Å². The van der Waals surface area contributed by atoms with E-state index in [0.29, 0.717) is 17.5 Å². The summed E-state index contributed by atoms with van der Waals surface area (Å²) >= 11 is 6.20. The fourth-order valence-corrected chi connectivity index (χ4v) is 5.21. The van der Waals surface area contributed by atoms with Crippen molar-refractivity contribution in [3.8, 4) is 0 Å². The number of sulfonamides is 1. The molecule has 0 amide bonds. The van der Waals surface area contributed by atoms with Crippen molar-refractivity contribution < 1.29 is 13.2 Å². The van der Waals surface area contributed by atoms with Gasteiger partial charge in [-0.05, 0) is 41.8 Å². The largest absolute Gasteiger partial charge is 0.293 e. The van der Waals surface area contributed by atoms with Gasteiger partial charge in [0.25, 0.3) is 0 Å². The summed E-state index contributed by atoms with van der Waals surface area (Å²) in [5.41, 5.74) is 3.09. The van der Waals surface area contributed by atoms with E-state index in [1.54, 1.807) is 36.4 Å². The van der Waals surface area contributed by atoms with E-state index in [4.69, 9.17) is 11.6 Å². The van der Waals surface area contributed by atoms with Gasteiger partial charge >= 0.3 is 0 Å². The molecule has 5 nitrogen and oxygen atoms in total. The topological polar surface area (TPSA) is 67.3 Å². The van der Waals surface area contributed by atoms with E-state index in [9.17, 15) is 13.2 Å². The average molecular weight is 491 g/mol. The smallest absolute Gasteiger partial charge is 0.243 e. The third-order valence-electron chi connectivity index (χ3n) is 5.38. The fourth-order valence-electron chi connectivity index (χ4n) is 3.63. The van der Waals surface area contributed by atoms with E-state index in [1.807, 2.05) is 48.5 Å². The molecule has 0 fully saturated rings. The molecule has 172 valence electrons. The van der Waals surface area contributed by atoms with Crippen molar-refractivity contribution in [3.63, 3.8) is 0 Å². The molecule has 0 aliphatic heterocycles. The molecule has 0 aliphatic carbocycles. The van der Waals surface area contributed by atoms with E-state index in [-0.39, 0.29) is 28.9 Å². The number of nitrogens with zero attached hydrogens (tertiary/aromatic N) is 2. The van der Waals surface area contributed by atoms with E-state index in [0.717, 1.165) is 15.4 Å². The number of hydrogen-bond acceptors (Lipinski definition) is 4. The Morgan fingerprint density at radius 3 is 2.21 bits per heavy atom. The summed E-state index contributed by atoms with van der Waals surface area (Å²) in [6.07, 6.45) is 2.21. The van der Waals surface area contributed by atoms with Gasteiger partial charge in [-0.2, -0.15) is 4.31 Å². The first-order valence-electron chi connectivity index (χ1n) is 10.7. The SMILES string of the molecule is O=C(CN(Cc1cccnc1Cl)S(=O)(=O)c1ccccc1)c1cccc(Cc2ccccc2)c1. The molecule has 4 aromatic rings. The number of benzene rings is 3. The number of Topliss-reactive ketones (excluding diaryl/α,β-unsaturated/α-hetero) is 1. The molecule has 0 spiro atoms. The second-order valence-corrected chi connectivity index (χ2v) is 10.1. The Labute approximate surface area is 204 Å². The lowest BCUT2D eigenvalue weighted by Gasteiger charge is -2.22. The van der Waals surface area contributed by atoms with Gasteiger partial charge in [-0.3, -0.25) is 4.79 Å². The molecular formula is C27H23ClN2O3S. The monoisotopic (exact) mass is 490 g/mol. The molecule has 4 rings (SSSR count). The standard InChI is InChI=1S/C27H23ClN2O3S/c28-27-24(13-8-16-29-27)19-30(34(32,33)25-14-5-2-6-15-25)20-26(31)23-12-7-11-22(18-23)17-21-9-3-1-4-10-21/h1-16,18H,17,19-20H2. The molecular weight excluding hydrogens is 468 g/mol. The third-order valence-corrected chi connectivity index (χ3v) is 7.53. The van der Waals surface area contributed by atoms with Crippen molar-refractivity contribution in [1.82, 2.24) is 9.29 Å². The van der Waals surface area contributed by atoms with Crippen LogP contribution in [0.15, 0.2) is 108 Å². The van der Waals surface area contributed by atoms with Crippen molar-refractivity contribution >= 4 is 27.4 Å². The van der Waals surface area contributed by atoms with Crippen LogP contribution in [0.4, 0.5) is 0 Å². The molecule has 0 bridgehead atoms. The van der Waals surface area contributed by atoms with Crippen molar-refractivity contribution in [2.75, 3.05) is 6.54 Å². The first-order valence-corrected chi connectivity index (χ1v) is 12.6. The summed E-state index contributed by atoms with van der Waals surface area (Å²) in [6, 6.07) is 28.7. The van der Waals surface area contributed by atoms with Gasteiger partial charge < -0.3 is 0 Å². The molecule has 0 radical (unpaired) electrons. The van der Waals surface area contributed by atoms with Gasteiger partial charge in [0.2, 0.25) is 10.0 Å². The van der Waals surface area contributed by atoms with Gasteiger partial charge in [0, 0.05) is 23.9 Å². The van der Waals surface area contributed by atoms with Crippen LogP contribution in [0.3, 0.4) is 0 Å². The molecule has 0 saturated heterocycles. The third kappa shape index (κ3) is 5.78. The Hall–Kier alpha value is -3.32. The lowest BCUT2D eigenvalue weighted by Crippen LogP contribution is -2.35. The Morgan fingerprint density at radius 1 is 0.824 bits per heavy atom. The normalized spacial score (nSPS) is 11.5. The maximum absolute atomic E-state index is 13.4. The molecule has 7 heteroatoms. The van der Waals surface area contributed by atoms with E-state index < -0.39 is 10.0 Å². The number of aromatic nitrogens is 1. The first-order chi connectivity index (χ1) is 16.4. The Bertz CT molecular complexity index is 1380. The van der Waals surface area contributed by atoms with Crippen LogP contribution in [0.2, 0.25) is 5.15 Å². The molecule has 0 aliphatic rings. The maximum Gasteiger partial charge on any atom is 0.243 e. The molecule has 3 aromatic carbocycles. The minimum absolute atomic E-state index is 0.0701. The maximum atomic E-state index is 13.4. The summed E-state index contributed by atoms with van der Waals surface area (Å²) < 4.78 is 28.0. The quantitative estimate of drug-likeness (QED) is 0.233. The molecule has 34 heavy (non-hydrogen) atoms. The van der Waals surface area contributed by atoms with Crippen LogP contribution in [-0.2, 0) is 23.0 Å². The predicted octanol–water partition coefficient (Wildman–Crippen LogP) is 5.40. The van der Waals surface area contributed by atoms with Gasteiger partial charge in [0.05, 0.1) is 11.4 Å². The summed E-state index contributed by atoms with van der Waals surface area (Å²) in [5, 5.41) is 0.202. The second kappa shape index (κ2) is 10.7. The number of carbonyl (C=O) groups is 1. The van der Waals surface area contributed by atoms with Crippen molar-refractivity contribution in [2.24, 2.45) is 0 Å². The second-order valence-electron chi connectivity index (χ2n) is 7.83. The van der Waals surface area contributed by atoms with Crippen LogP contribution in [0.1, 0.15) is 27.0 Å². The lowest BCUT2D eigenvalue weighted by molar-refractivity contribution is 0.0964. The fraction of sp³-hybridized carbons (Fsp3) is 0.111. The van der Waals surface area contributed by atoms with Gasteiger partial charge in [-0.25, -0.2) is 13.4 Å². The molecule has 0 unspecified atom stereocenters. The molecule has 1 heterocycles. The lowest BCUT2D eigenvalue weighted by atomic mass is 10.0. The zero-order chi connectivity index (χ0) is 24.0. The highest BCUT2D eigenvalue weighted by atomic mass is 35.5. The van der Waals surface area contributed by atoms with Crippen LogP contribution < -0.4 is 0 Å². The highest BCUT2D eigenvalue weighted by Gasteiger charge is 2.28. The zero-order valence-corrected chi connectivity index (χ0v) is 19.9. The predicted molar refractivity (Wildman–Crippen MR) is 133 cm³/mol. The van der Waals surface area contributed by atoms with Crippen molar-refractivity contribution in [1.29, 1.82) is 0 Å². The first kappa shape index (κ1) is 23.8. The number of carbonyl (C=O) groups excluding carboxylic acids is 1. The Kier molecular flexibility index (Phi) is 7.53. The van der Waals surface area contributed by atoms with Gasteiger partial charge in [0.1, 0.15) is 5.15 Å².